The number of hydrogen-bond donors (Lipinski definition) is 2. The van der Waals surface area contributed by atoms with Gasteiger partial charge in [0, 0.05) is 18.0 Å². The summed E-state index contributed by atoms with van der Waals surface area (Å²) in [5, 5.41) is 12.7. The van der Waals surface area contributed by atoms with Crippen LogP contribution in [0.25, 0.3) is 0 Å². The Bertz CT molecular complexity index is 1040. The van der Waals surface area contributed by atoms with Crippen LogP contribution in [-0.2, 0) is 21.9 Å². The van der Waals surface area contributed by atoms with Gasteiger partial charge in [0.05, 0.1) is 35.4 Å². The number of benzene rings is 2. The smallest absolute Gasteiger partial charge is 0.390 e. The lowest BCUT2D eigenvalue weighted by Gasteiger charge is -2.30. The molecule has 4 nitrogen and oxygen atoms in total. The molecule has 2 N–H and O–H groups in total. The average molecular weight is 459 g/mol. The maximum Gasteiger partial charge on any atom is 0.416 e. The van der Waals surface area contributed by atoms with Crippen molar-refractivity contribution in [1.29, 1.82) is 0 Å². The van der Waals surface area contributed by atoms with Crippen molar-refractivity contribution in [3.8, 4) is 0 Å². The van der Waals surface area contributed by atoms with E-state index in [1.807, 2.05) is 0 Å². The van der Waals surface area contributed by atoms with Crippen molar-refractivity contribution in [3.05, 3.63) is 64.7 Å². The van der Waals surface area contributed by atoms with Crippen LogP contribution < -0.4 is 5.32 Å². The number of alkyl halides is 6. The molecule has 2 bridgehead atoms. The molecule has 2 aliphatic rings. The van der Waals surface area contributed by atoms with Gasteiger partial charge in [-0.25, -0.2) is 0 Å². The van der Waals surface area contributed by atoms with E-state index in [1.54, 1.807) is 0 Å². The van der Waals surface area contributed by atoms with Crippen LogP contribution in [0.15, 0.2) is 42.5 Å². The number of amides is 1. The summed E-state index contributed by atoms with van der Waals surface area (Å²) >= 11 is 0. The summed E-state index contributed by atoms with van der Waals surface area (Å²) in [5.41, 5.74) is -1.45. The molecule has 0 aliphatic carbocycles. The number of rotatable bonds is 3. The van der Waals surface area contributed by atoms with E-state index in [2.05, 4.69) is 5.32 Å². The summed E-state index contributed by atoms with van der Waals surface area (Å²) in [6.45, 7) is 1.45. The second-order valence-electron chi connectivity index (χ2n) is 8.19. The molecular formula is C22H19F6NO3. The molecule has 2 fully saturated rings. The van der Waals surface area contributed by atoms with Crippen LogP contribution in [-0.4, -0.2) is 29.3 Å². The van der Waals surface area contributed by atoms with Gasteiger partial charge in [0.1, 0.15) is 0 Å². The summed E-state index contributed by atoms with van der Waals surface area (Å²) < 4.78 is 84.6. The van der Waals surface area contributed by atoms with Crippen molar-refractivity contribution in [1.82, 2.24) is 0 Å². The highest BCUT2D eigenvalue weighted by Gasteiger charge is 2.57. The minimum atomic E-state index is -4.61. The van der Waals surface area contributed by atoms with E-state index in [4.69, 9.17) is 4.74 Å². The second kappa shape index (κ2) is 7.77. The molecule has 2 aromatic carbocycles. The van der Waals surface area contributed by atoms with Crippen LogP contribution in [0.4, 0.5) is 32.0 Å². The van der Waals surface area contributed by atoms with Crippen molar-refractivity contribution in [2.24, 2.45) is 5.92 Å². The number of ether oxygens (including phenoxy) is 1. The summed E-state index contributed by atoms with van der Waals surface area (Å²) in [4.78, 5) is 13.1. The van der Waals surface area contributed by atoms with Gasteiger partial charge in [0.2, 0.25) is 5.91 Å². The zero-order chi connectivity index (χ0) is 23.4. The third kappa shape index (κ3) is 4.21. The number of carbonyl (C=O) groups excluding carboxylic acids is 1. The summed E-state index contributed by atoms with van der Waals surface area (Å²) in [7, 11) is 0. The molecule has 4 rings (SSSR count). The first-order chi connectivity index (χ1) is 14.8. The van der Waals surface area contributed by atoms with Gasteiger partial charge in [-0.2, -0.15) is 26.3 Å². The van der Waals surface area contributed by atoms with Crippen LogP contribution in [0, 0.1) is 12.8 Å². The predicted molar refractivity (Wildman–Crippen MR) is 102 cm³/mol. The number of aliphatic hydroxyl groups is 1. The Labute approximate surface area is 179 Å². The number of aryl methyl sites for hydroxylation is 1. The van der Waals surface area contributed by atoms with Crippen molar-refractivity contribution >= 4 is 11.6 Å². The topological polar surface area (TPSA) is 58.6 Å². The van der Waals surface area contributed by atoms with Gasteiger partial charge in [0.25, 0.3) is 0 Å². The normalized spacial score (nSPS) is 27.6. The van der Waals surface area contributed by atoms with E-state index >= 15 is 0 Å². The fraction of sp³-hybridized carbons (Fsp3) is 0.409. The number of anilines is 1. The number of aliphatic hydroxyl groups excluding tert-OH is 1. The Kier molecular flexibility index (Phi) is 5.49. The number of halogens is 6. The Morgan fingerprint density at radius 2 is 1.72 bits per heavy atom. The number of fused-ring (bicyclic) bond motifs is 2. The maximum absolute atomic E-state index is 13.2. The maximum atomic E-state index is 13.2. The second-order valence-corrected chi connectivity index (χ2v) is 8.19. The fourth-order valence-corrected chi connectivity index (χ4v) is 4.61. The molecule has 0 saturated carbocycles. The largest absolute Gasteiger partial charge is 0.416 e. The molecule has 0 radical (unpaired) electrons. The molecule has 10 heteroatoms. The quantitative estimate of drug-likeness (QED) is 0.642. The van der Waals surface area contributed by atoms with E-state index in [9.17, 15) is 36.2 Å². The van der Waals surface area contributed by atoms with Crippen LogP contribution in [0.1, 0.15) is 34.6 Å². The standard InChI is InChI=1S/C22H19F6NO3/c1-10-5-13(22(26,27)28)8-14(6-10)29-20(31)18-16-9-15(30)19(32-16)17(18)11-3-2-4-12(7-11)21(23,24)25/h2-8,15-19,30H,9H2,1H3,(H,29,31). The fourth-order valence-electron chi connectivity index (χ4n) is 4.61. The molecule has 0 aromatic heterocycles. The van der Waals surface area contributed by atoms with Gasteiger partial charge in [-0.3, -0.25) is 4.79 Å². The van der Waals surface area contributed by atoms with Gasteiger partial charge >= 0.3 is 12.4 Å². The minimum Gasteiger partial charge on any atom is -0.390 e. The van der Waals surface area contributed by atoms with E-state index in [1.165, 1.54) is 25.1 Å². The van der Waals surface area contributed by atoms with Crippen LogP contribution in [0.2, 0.25) is 0 Å². The molecule has 5 unspecified atom stereocenters. The van der Waals surface area contributed by atoms with Crippen molar-refractivity contribution in [3.63, 3.8) is 0 Å². The zero-order valence-corrected chi connectivity index (χ0v) is 16.7. The van der Waals surface area contributed by atoms with Crippen LogP contribution in [0.3, 0.4) is 0 Å². The molecule has 2 heterocycles. The molecular weight excluding hydrogens is 440 g/mol. The molecule has 1 amide bonds. The van der Waals surface area contributed by atoms with Crippen LogP contribution >= 0.6 is 0 Å². The molecule has 32 heavy (non-hydrogen) atoms. The first-order valence-electron chi connectivity index (χ1n) is 9.85. The summed E-state index contributed by atoms with van der Waals surface area (Å²) in [5.74, 6) is -2.52. The first-order valence-corrected chi connectivity index (χ1v) is 9.85. The van der Waals surface area contributed by atoms with Gasteiger partial charge in [-0.15, -0.1) is 0 Å². The lowest BCUT2D eigenvalue weighted by molar-refractivity contribution is -0.138. The Hall–Kier alpha value is -2.59. The van der Waals surface area contributed by atoms with Crippen molar-refractivity contribution < 1.29 is 41.0 Å². The summed E-state index contributed by atoms with van der Waals surface area (Å²) in [6.07, 6.45) is -11.7. The van der Waals surface area contributed by atoms with Crippen LogP contribution in [0.5, 0.6) is 0 Å². The van der Waals surface area contributed by atoms with Gasteiger partial charge in [-0.1, -0.05) is 18.2 Å². The zero-order valence-electron chi connectivity index (χ0n) is 16.7. The number of hydrogen-bond acceptors (Lipinski definition) is 3. The molecule has 2 aliphatic heterocycles. The van der Waals surface area contributed by atoms with Crippen molar-refractivity contribution in [2.75, 3.05) is 5.32 Å². The lowest BCUT2D eigenvalue weighted by Crippen LogP contribution is -2.41. The third-order valence-corrected chi connectivity index (χ3v) is 5.90. The molecule has 2 aromatic rings. The third-order valence-electron chi connectivity index (χ3n) is 5.90. The SMILES string of the molecule is Cc1cc(NC(=O)C2C3CC(O)C(O3)C2c2cccc(C(F)(F)F)c2)cc(C(F)(F)F)c1. The Morgan fingerprint density at radius 1 is 1.03 bits per heavy atom. The Balaban J connectivity index is 1.65. The van der Waals surface area contributed by atoms with Gasteiger partial charge < -0.3 is 15.2 Å². The van der Waals surface area contributed by atoms with Gasteiger partial charge in [0.15, 0.2) is 0 Å². The summed E-state index contributed by atoms with van der Waals surface area (Å²) in [6, 6.07) is 7.55. The molecule has 5 atom stereocenters. The highest BCUT2D eigenvalue weighted by molar-refractivity contribution is 5.94. The molecule has 172 valence electrons. The van der Waals surface area contributed by atoms with E-state index in [0.29, 0.717) is 0 Å². The monoisotopic (exact) mass is 459 g/mol. The first kappa shape index (κ1) is 22.6. The van der Waals surface area contributed by atoms with Gasteiger partial charge in [-0.05, 0) is 42.3 Å². The Morgan fingerprint density at radius 3 is 2.38 bits per heavy atom. The lowest BCUT2D eigenvalue weighted by atomic mass is 9.73. The van der Waals surface area contributed by atoms with Crippen molar-refractivity contribution in [2.45, 2.75) is 49.9 Å². The van der Waals surface area contributed by atoms with E-state index < -0.39 is 59.5 Å². The predicted octanol–water partition coefficient (Wildman–Crippen LogP) is 4.90. The molecule has 0 spiro atoms. The number of nitrogens with one attached hydrogen (secondary N) is 1. The van der Waals surface area contributed by atoms with E-state index in [0.717, 1.165) is 24.3 Å². The highest BCUT2D eigenvalue weighted by atomic mass is 19.4. The molecule has 2 saturated heterocycles. The number of carbonyl (C=O) groups is 1. The van der Waals surface area contributed by atoms with E-state index in [-0.39, 0.29) is 23.2 Å². The highest BCUT2D eigenvalue weighted by Crippen LogP contribution is 2.50. The minimum absolute atomic E-state index is 0.0755. The average Bonchev–Trinajstić information content (AvgIpc) is 3.23.